The Morgan fingerprint density at radius 1 is 1.31 bits per heavy atom. The molecule has 0 saturated carbocycles. The number of morpholine rings is 1. The topological polar surface area (TPSA) is 12.5 Å². The molecule has 2 rings (SSSR count). The van der Waals surface area contributed by atoms with Crippen molar-refractivity contribution in [3.05, 3.63) is 34.3 Å². The number of rotatable bonds is 2. The quantitative estimate of drug-likeness (QED) is 0.827. The molecule has 0 radical (unpaired) electrons. The first kappa shape index (κ1) is 12.1. The molecule has 1 saturated heterocycles. The molecule has 1 aromatic rings. The first-order chi connectivity index (χ1) is 7.63. The average molecular weight is 284 g/mol. The van der Waals surface area contributed by atoms with Crippen molar-refractivity contribution < 1.29 is 4.74 Å². The maximum atomic E-state index is 5.73. The van der Waals surface area contributed by atoms with Crippen molar-refractivity contribution >= 4 is 15.9 Å². The van der Waals surface area contributed by atoms with E-state index in [0.29, 0.717) is 12.2 Å². The van der Waals surface area contributed by atoms with Crippen molar-refractivity contribution in [3.8, 4) is 0 Å². The molecule has 0 amide bonds. The van der Waals surface area contributed by atoms with Crippen molar-refractivity contribution in [3.63, 3.8) is 0 Å². The molecule has 0 N–H and O–H groups in total. The molecule has 0 unspecified atom stereocenters. The van der Waals surface area contributed by atoms with Crippen LogP contribution in [0.15, 0.2) is 28.7 Å². The number of benzene rings is 1. The highest BCUT2D eigenvalue weighted by molar-refractivity contribution is 9.10. The van der Waals surface area contributed by atoms with Gasteiger partial charge in [-0.1, -0.05) is 28.1 Å². The van der Waals surface area contributed by atoms with Gasteiger partial charge >= 0.3 is 0 Å². The Kier molecular flexibility index (Phi) is 4.00. The maximum Gasteiger partial charge on any atom is 0.0678 e. The van der Waals surface area contributed by atoms with Gasteiger partial charge in [0.25, 0.3) is 0 Å². The van der Waals surface area contributed by atoms with Gasteiger partial charge in [0.05, 0.1) is 12.2 Å². The predicted molar refractivity (Wildman–Crippen MR) is 69.4 cm³/mol. The molecule has 0 spiro atoms. The van der Waals surface area contributed by atoms with Gasteiger partial charge in [0, 0.05) is 24.1 Å². The molecule has 0 bridgehead atoms. The van der Waals surface area contributed by atoms with E-state index in [9.17, 15) is 0 Å². The summed E-state index contributed by atoms with van der Waals surface area (Å²) in [6.07, 6.45) is 0.687. The van der Waals surface area contributed by atoms with Crippen LogP contribution in [0.2, 0.25) is 0 Å². The van der Waals surface area contributed by atoms with Gasteiger partial charge in [-0.2, -0.15) is 0 Å². The third kappa shape index (κ3) is 3.30. The molecular weight excluding hydrogens is 266 g/mol. The molecule has 1 aromatic carbocycles. The second-order valence-electron chi connectivity index (χ2n) is 4.58. The summed E-state index contributed by atoms with van der Waals surface area (Å²) in [5, 5.41) is 0. The SMILES string of the molecule is C[C@@H]1CN(Cc2cccc(Br)c2)C[C@@H](C)O1. The van der Waals surface area contributed by atoms with Gasteiger partial charge in [-0.25, -0.2) is 0 Å². The molecule has 2 nitrogen and oxygen atoms in total. The third-order valence-electron chi connectivity index (χ3n) is 2.79. The maximum absolute atomic E-state index is 5.73. The summed E-state index contributed by atoms with van der Waals surface area (Å²) >= 11 is 3.51. The second kappa shape index (κ2) is 5.30. The van der Waals surface area contributed by atoms with Crippen LogP contribution in [-0.4, -0.2) is 30.2 Å². The van der Waals surface area contributed by atoms with E-state index in [2.05, 4.69) is 58.9 Å². The van der Waals surface area contributed by atoms with Crippen LogP contribution < -0.4 is 0 Å². The molecular formula is C13H18BrNO. The first-order valence-corrected chi connectivity index (χ1v) is 6.55. The van der Waals surface area contributed by atoms with Crippen LogP contribution >= 0.6 is 15.9 Å². The molecule has 1 fully saturated rings. The minimum atomic E-state index is 0.343. The Labute approximate surface area is 106 Å². The number of hydrogen-bond acceptors (Lipinski definition) is 2. The van der Waals surface area contributed by atoms with Crippen LogP contribution in [0.4, 0.5) is 0 Å². The summed E-state index contributed by atoms with van der Waals surface area (Å²) in [5.41, 5.74) is 1.36. The van der Waals surface area contributed by atoms with Crippen molar-refractivity contribution in [1.82, 2.24) is 4.90 Å². The van der Waals surface area contributed by atoms with Crippen LogP contribution in [0.1, 0.15) is 19.4 Å². The zero-order chi connectivity index (χ0) is 11.5. The number of halogens is 1. The Morgan fingerprint density at radius 2 is 2.00 bits per heavy atom. The van der Waals surface area contributed by atoms with Crippen molar-refractivity contribution in [2.24, 2.45) is 0 Å². The van der Waals surface area contributed by atoms with Gasteiger partial charge in [0.1, 0.15) is 0 Å². The lowest BCUT2D eigenvalue weighted by molar-refractivity contribution is -0.0704. The molecule has 1 aliphatic heterocycles. The fraction of sp³-hybridized carbons (Fsp3) is 0.538. The van der Waals surface area contributed by atoms with E-state index in [1.165, 1.54) is 5.56 Å². The number of hydrogen-bond donors (Lipinski definition) is 0. The van der Waals surface area contributed by atoms with Crippen molar-refractivity contribution in [2.45, 2.75) is 32.6 Å². The minimum Gasteiger partial charge on any atom is -0.373 e. The molecule has 2 atom stereocenters. The molecule has 1 aliphatic rings. The van der Waals surface area contributed by atoms with Gasteiger partial charge in [0.15, 0.2) is 0 Å². The summed E-state index contributed by atoms with van der Waals surface area (Å²) in [6.45, 7) is 7.35. The van der Waals surface area contributed by atoms with E-state index >= 15 is 0 Å². The fourth-order valence-electron chi connectivity index (χ4n) is 2.31. The van der Waals surface area contributed by atoms with Crippen LogP contribution in [0.5, 0.6) is 0 Å². The van der Waals surface area contributed by atoms with E-state index in [1.54, 1.807) is 0 Å². The van der Waals surface area contributed by atoms with Crippen LogP contribution in [0.25, 0.3) is 0 Å². The van der Waals surface area contributed by atoms with E-state index in [0.717, 1.165) is 24.1 Å². The highest BCUT2D eigenvalue weighted by Gasteiger charge is 2.21. The van der Waals surface area contributed by atoms with E-state index in [4.69, 9.17) is 4.74 Å². The van der Waals surface area contributed by atoms with Gasteiger partial charge in [-0.15, -0.1) is 0 Å². The van der Waals surface area contributed by atoms with Gasteiger partial charge in [-0.05, 0) is 31.5 Å². The van der Waals surface area contributed by atoms with E-state index < -0.39 is 0 Å². The van der Waals surface area contributed by atoms with Gasteiger partial charge in [-0.3, -0.25) is 4.90 Å². The highest BCUT2D eigenvalue weighted by Crippen LogP contribution is 2.17. The second-order valence-corrected chi connectivity index (χ2v) is 5.50. The monoisotopic (exact) mass is 283 g/mol. The Balaban J connectivity index is 1.98. The summed E-state index contributed by atoms with van der Waals surface area (Å²) in [7, 11) is 0. The lowest BCUT2D eigenvalue weighted by atomic mass is 10.1. The standard InChI is InChI=1S/C13H18BrNO/c1-10-7-15(8-11(2)16-10)9-12-4-3-5-13(14)6-12/h3-6,10-11H,7-9H2,1-2H3/t10-,11-/m1/s1. The number of nitrogens with zero attached hydrogens (tertiary/aromatic N) is 1. The Morgan fingerprint density at radius 3 is 2.62 bits per heavy atom. The van der Waals surface area contributed by atoms with Gasteiger partial charge in [0.2, 0.25) is 0 Å². The van der Waals surface area contributed by atoms with Crippen LogP contribution in [0, 0.1) is 0 Å². The predicted octanol–water partition coefficient (Wildman–Crippen LogP) is 3.06. The van der Waals surface area contributed by atoms with Crippen LogP contribution in [0.3, 0.4) is 0 Å². The molecule has 1 heterocycles. The highest BCUT2D eigenvalue weighted by atomic mass is 79.9. The summed E-state index contributed by atoms with van der Waals surface area (Å²) < 4.78 is 6.88. The lowest BCUT2D eigenvalue weighted by Crippen LogP contribution is -2.44. The Bertz CT molecular complexity index is 346. The largest absolute Gasteiger partial charge is 0.373 e. The Hall–Kier alpha value is -0.380. The zero-order valence-electron chi connectivity index (χ0n) is 9.82. The summed E-state index contributed by atoms with van der Waals surface area (Å²) in [4.78, 5) is 2.46. The minimum absolute atomic E-state index is 0.343. The average Bonchev–Trinajstić information content (AvgIpc) is 2.15. The molecule has 0 aromatic heterocycles. The van der Waals surface area contributed by atoms with E-state index in [1.807, 2.05) is 0 Å². The summed E-state index contributed by atoms with van der Waals surface area (Å²) in [6, 6.07) is 8.52. The summed E-state index contributed by atoms with van der Waals surface area (Å²) in [5.74, 6) is 0. The fourth-order valence-corrected chi connectivity index (χ4v) is 2.75. The molecule has 0 aliphatic carbocycles. The third-order valence-corrected chi connectivity index (χ3v) is 3.28. The molecule has 88 valence electrons. The van der Waals surface area contributed by atoms with Crippen molar-refractivity contribution in [2.75, 3.05) is 13.1 Å². The zero-order valence-corrected chi connectivity index (χ0v) is 11.4. The normalized spacial score (nSPS) is 26.9. The molecule has 16 heavy (non-hydrogen) atoms. The van der Waals surface area contributed by atoms with Crippen LogP contribution in [-0.2, 0) is 11.3 Å². The first-order valence-electron chi connectivity index (χ1n) is 5.76. The van der Waals surface area contributed by atoms with Gasteiger partial charge < -0.3 is 4.74 Å². The van der Waals surface area contributed by atoms with Crippen molar-refractivity contribution in [1.29, 1.82) is 0 Å². The smallest absolute Gasteiger partial charge is 0.0678 e. The van der Waals surface area contributed by atoms with E-state index in [-0.39, 0.29) is 0 Å². The lowest BCUT2D eigenvalue weighted by Gasteiger charge is -2.35. The number of ether oxygens (including phenoxy) is 1. The molecule has 3 heteroatoms.